The molecule has 2 aromatic rings. The first kappa shape index (κ1) is 19.4. The van der Waals surface area contributed by atoms with Crippen LogP contribution < -0.4 is 15.6 Å². The number of hydrogen-bond acceptors (Lipinski definition) is 5. The summed E-state index contributed by atoms with van der Waals surface area (Å²) in [5.41, 5.74) is 5.58. The van der Waals surface area contributed by atoms with E-state index in [1.807, 2.05) is 0 Å². The molecule has 0 aromatic heterocycles. The van der Waals surface area contributed by atoms with E-state index in [0.717, 1.165) is 0 Å². The average molecular weight is 377 g/mol. The van der Waals surface area contributed by atoms with Crippen molar-refractivity contribution in [2.75, 3.05) is 7.05 Å². The average Bonchev–Trinajstić information content (AvgIpc) is 2.61. The molecule has 26 heavy (non-hydrogen) atoms. The normalized spacial score (nSPS) is 11.0. The van der Waals surface area contributed by atoms with E-state index < -0.39 is 21.8 Å². The standard InChI is InChI=1S/C17H19N3O5S/c1-10-8-12(9-15(11(10)2)26(24,25)18-3)16(22)19-20-17(23)13-6-4-5-7-14(13)21/h4-9,18,21H,1-3H3,(H,19,22)(H,20,23). The maximum Gasteiger partial charge on any atom is 0.273 e. The number of benzene rings is 2. The molecule has 2 aromatic carbocycles. The zero-order chi connectivity index (χ0) is 19.5. The van der Waals surface area contributed by atoms with Gasteiger partial charge in [-0.2, -0.15) is 0 Å². The fourth-order valence-electron chi connectivity index (χ4n) is 2.27. The molecule has 0 atom stereocenters. The minimum Gasteiger partial charge on any atom is -0.507 e. The minimum atomic E-state index is -3.74. The molecule has 0 aliphatic heterocycles. The van der Waals surface area contributed by atoms with Gasteiger partial charge in [0.15, 0.2) is 0 Å². The molecule has 9 heteroatoms. The van der Waals surface area contributed by atoms with Crippen molar-refractivity contribution in [1.82, 2.24) is 15.6 Å². The molecule has 0 spiro atoms. The molecule has 0 bridgehead atoms. The van der Waals surface area contributed by atoms with Crippen molar-refractivity contribution in [3.8, 4) is 5.75 Å². The Balaban J connectivity index is 2.23. The predicted molar refractivity (Wildman–Crippen MR) is 95.2 cm³/mol. The Bertz CT molecular complexity index is 970. The van der Waals surface area contributed by atoms with Gasteiger partial charge in [0.1, 0.15) is 5.75 Å². The van der Waals surface area contributed by atoms with Gasteiger partial charge in [0.2, 0.25) is 10.0 Å². The van der Waals surface area contributed by atoms with Crippen LogP contribution in [0.15, 0.2) is 41.3 Å². The SMILES string of the molecule is CNS(=O)(=O)c1cc(C(=O)NNC(=O)c2ccccc2O)cc(C)c1C. The van der Waals surface area contributed by atoms with Crippen LogP contribution >= 0.6 is 0 Å². The highest BCUT2D eigenvalue weighted by molar-refractivity contribution is 7.89. The summed E-state index contributed by atoms with van der Waals surface area (Å²) >= 11 is 0. The highest BCUT2D eigenvalue weighted by atomic mass is 32.2. The summed E-state index contributed by atoms with van der Waals surface area (Å²) < 4.78 is 26.4. The van der Waals surface area contributed by atoms with Gasteiger partial charge in [-0.3, -0.25) is 20.4 Å². The van der Waals surface area contributed by atoms with Gasteiger partial charge in [-0.1, -0.05) is 12.1 Å². The van der Waals surface area contributed by atoms with E-state index in [1.54, 1.807) is 26.0 Å². The van der Waals surface area contributed by atoms with Crippen LogP contribution in [-0.2, 0) is 10.0 Å². The number of sulfonamides is 1. The van der Waals surface area contributed by atoms with Crippen molar-refractivity contribution in [1.29, 1.82) is 0 Å². The molecule has 0 radical (unpaired) electrons. The van der Waals surface area contributed by atoms with E-state index in [9.17, 15) is 23.1 Å². The summed E-state index contributed by atoms with van der Waals surface area (Å²) in [4.78, 5) is 24.3. The lowest BCUT2D eigenvalue weighted by atomic mass is 10.1. The summed E-state index contributed by atoms with van der Waals surface area (Å²) in [7, 11) is -2.46. The smallest absolute Gasteiger partial charge is 0.273 e. The van der Waals surface area contributed by atoms with Crippen LogP contribution in [0.1, 0.15) is 31.8 Å². The molecule has 2 rings (SSSR count). The summed E-state index contributed by atoms with van der Waals surface area (Å²) in [6, 6.07) is 8.61. The van der Waals surface area contributed by atoms with E-state index in [0.29, 0.717) is 11.1 Å². The Hall–Kier alpha value is -2.91. The molecule has 0 saturated carbocycles. The highest BCUT2D eigenvalue weighted by Gasteiger charge is 2.20. The second-order valence-corrected chi connectivity index (χ2v) is 7.40. The predicted octanol–water partition coefficient (Wildman–Crippen LogP) is 0.992. The Labute approximate surface area is 151 Å². The number of rotatable bonds is 4. The van der Waals surface area contributed by atoms with Crippen LogP contribution in [0.5, 0.6) is 5.75 Å². The van der Waals surface area contributed by atoms with Crippen LogP contribution in [0.3, 0.4) is 0 Å². The molecule has 8 nitrogen and oxygen atoms in total. The number of para-hydroxylation sites is 1. The number of hydrazine groups is 1. The number of phenols is 1. The van der Waals surface area contributed by atoms with Gasteiger partial charge < -0.3 is 5.11 Å². The fraction of sp³-hybridized carbons (Fsp3) is 0.176. The first-order valence-electron chi connectivity index (χ1n) is 7.61. The van der Waals surface area contributed by atoms with Crippen LogP contribution in [0.2, 0.25) is 0 Å². The quantitative estimate of drug-likeness (QED) is 0.592. The molecule has 0 aliphatic carbocycles. The van der Waals surface area contributed by atoms with Crippen molar-refractivity contribution in [3.63, 3.8) is 0 Å². The molecule has 0 saturated heterocycles. The molecule has 0 aliphatic rings. The molecular weight excluding hydrogens is 358 g/mol. The second kappa shape index (κ2) is 7.54. The van der Waals surface area contributed by atoms with Crippen LogP contribution in [0, 0.1) is 13.8 Å². The van der Waals surface area contributed by atoms with E-state index in [2.05, 4.69) is 15.6 Å². The van der Waals surface area contributed by atoms with Gasteiger partial charge in [0.25, 0.3) is 11.8 Å². The maximum atomic E-state index is 12.3. The number of carbonyl (C=O) groups is 2. The largest absolute Gasteiger partial charge is 0.507 e. The maximum absolute atomic E-state index is 12.3. The molecule has 138 valence electrons. The Kier molecular flexibility index (Phi) is 5.63. The monoisotopic (exact) mass is 377 g/mol. The topological polar surface area (TPSA) is 125 Å². The minimum absolute atomic E-state index is 0.00802. The van der Waals surface area contributed by atoms with Gasteiger partial charge in [-0.05, 0) is 56.3 Å². The molecular formula is C17H19N3O5S. The summed E-state index contributed by atoms with van der Waals surface area (Å²) in [5.74, 6) is -1.62. The third-order valence-corrected chi connectivity index (χ3v) is 5.42. The van der Waals surface area contributed by atoms with Gasteiger partial charge in [-0.25, -0.2) is 13.1 Å². The number of carbonyl (C=O) groups excluding carboxylic acids is 2. The molecule has 0 unspecified atom stereocenters. The Morgan fingerprint density at radius 3 is 2.23 bits per heavy atom. The number of nitrogens with one attached hydrogen (secondary N) is 3. The van der Waals surface area contributed by atoms with E-state index >= 15 is 0 Å². The molecule has 0 heterocycles. The van der Waals surface area contributed by atoms with Crippen molar-refractivity contribution in [2.24, 2.45) is 0 Å². The van der Waals surface area contributed by atoms with Crippen molar-refractivity contribution in [2.45, 2.75) is 18.7 Å². The number of hydrogen-bond donors (Lipinski definition) is 4. The van der Waals surface area contributed by atoms with Gasteiger partial charge in [-0.15, -0.1) is 0 Å². The van der Waals surface area contributed by atoms with Gasteiger partial charge in [0, 0.05) is 5.56 Å². The van der Waals surface area contributed by atoms with E-state index in [4.69, 9.17) is 0 Å². The first-order chi connectivity index (χ1) is 12.2. The zero-order valence-electron chi connectivity index (χ0n) is 14.5. The molecule has 0 fully saturated rings. The highest BCUT2D eigenvalue weighted by Crippen LogP contribution is 2.21. The van der Waals surface area contributed by atoms with E-state index in [1.165, 1.54) is 31.3 Å². The lowest BCUT2D eigenvalue weighted by Gasteiger charge is -2.13. The van der Waals surface area contributed by atoms with Gasteiger partial charge >= 0.3 is 0 Å². The molecule has 2 amide bonds. The van der Waals surface area contributed by atoms with Crippen molar-refractivity contribution >= 4 is 21.8 Å². The first-order valence-corrected chi connectivity index (χ1v) is 9.09. The van der Waals surface area contributed by atoms with Crippen molar-refractivity contribution < 1.29 is 23.1 Å². The van der Waals surface area contributed by atoms with Crippen LogP contribution in [0.25, 0.3) is 0 Å². The second-order valence-electron chi connectivity index (χ2n) is 5.55. The lowest BCUT2D eigenvalue weighted by Crippen LogP contribution is -2.41. The van der Waals surface area contributed by atoms with E-state index in [-0.39, 0.29) is 21.8 Å². The molecule has 4 N–H and O–H groups in total. The zero-order valence-corrected chi connectivity index (χ0v) is 15.3. The summed E-state index contributed by atoms with van der Waals surface area (Å²) in [6.07, 6.45) is 0. The van der Waals surface area contributed by atoms with Crippen LogP contribution in [-0.4, -0.2) is 32.4 Å². The number of phenolic OH excluding ortho intramolecular Hbond substituents is 1. The third kappa shape index (κ3) is 4.01. The van der Waals surface area contributed by atoms with Gasteiger partial charge in [0.05, 0.1) is 10.5 Å². The van der Waals surface area contributed by atoms with Crippen molar-refractivity contribution in [3.05, 3.63) is 58.7 Å². The Morgan fingerprint density at radius 1 is 1.00 bits per heavy atom. The van der Waals surface area contributed by atoms with Crippen LogP contribution in [0.4, 0.5) is 0 Å². The lowest BCUT2D eigenvalue weighted by molar-refractivity contribution is 0.0845. The number of aryl methyl sites for hydroxylation is 1. The third-order valence-electron chi connectivity index (χ3n) is 3.88. The number of amides is 2. The number of aromatic hydroxyl groups is 1. The summed E-state index contributed by atoms with van der Waals surface area (Å²) in [5, 5.41) is 9.64. The fourth-order valence-corrected chi connectivity index (χ4v) is 3.33. The Morgan fingerprint density at radius 2 is 1.62 bits per heavy atom. The summed E-state index contributed by atoms with van der Waals surface area (Å²) in [6.45, 7) is 3.32.